The van der Waals surface area contributed by atoms with Crippen LogP contribution in [0.25, 0.3) is 0 Å². The fourth-order valence-electron chi connectivity index (χ4n) is 1.51. The van der Waals surface area contributed by atoms with Crippen LogP contribution in [0.2, 0.25) is 10.0 Å². The molecule has 0 aliphatic heterocycles. The lowest BCUT2D eigenvalue weighted by molar-refractivity contribution is -0.151. The van der Waals surface area contributed by atoms with Gasteiger partial charge in [0.2, 0.25) is 0 Å². The van der Waals surface area contributed by atoms with Crippen molar-refractivity contribution < 1.29 is 9.53 Å². The maximum Gasteiger partial charge on any atom is 0.326 e. The van der Waals surface area contributed by atoms with E-state index in [1.54, 1.807) is 25.1 Å². The number of ether oxygens (including phenoxy) is 1. The van der Waals surface area contributed by atoms with E-state index in [1.807, 2.05) is 6.07 Å². The van der Waals surface area contributed by atoms with Crippen LogP contribution in [-0.2, 0) is 16.0 Å². The van der Waals surface area contributed by atoms with Crippen molar-refractivity contribution in [3.8, 4) is 6.07 Å². The minimum absolute atomic E-state index is 0.168. The second-order valence-corrected chi connectivity index (χ2v) is 4.84. The van der Waals surface area contributed by atoms with Crippen LogP contribution < -0.4 is 0 Å². The number of benzene rings is 1. The molecule has 3 nitrogen and oxygen atoms in total. The molecule has 0 saturated heterocycles. The fourth-order valence-corrected chi connectivity index (χ4v) is 1.90. The number of carbonyl (C=O) groups excluding carboxylic acids is 1. The first-order valence-corrected chi connectivity index (χ1v) is 6.21. The highest BCUT2D eigenvalue weighted by Crippen LogP contribution is 2.31. The molecule has 1 rings (SSSR count). The molecule has 5 heteroatoms. The van der Waals surface area contributed by atoms with Crippen LogP contribution in [-0.4, -0.2) is 12.6 Å². The summed E-state index contributed by atoms with van der Waals surface area (Å²) in [6.07, 6.45) is 0.168. The third-order valence-corrected chi connectivity index (χ3v) is 3.41. The Morgan fingerprint density at radius 2 is 2.17 bits per heavy atom. The Kier molecular flexibility index (Phi) is 5.01. The summed E-state index contributed by atoms with van der Waals surface area (Å²) in [7, 11) is 0. The second kappa shape index (κ2) is 6.08. The average Bonchev–Trinajstić information content (AvgIpc) is 2.35. The SMILES string of the molecule is CCOC(=O)C(C)(C#N)Cc1cccc(Cl)c1Cl. The first-order chi connectivity index (χ1) is 8.44. The van der Waals surface area contributed by atoms with E-state index < -0.39 is 11.4 Å². The summed E-state index contributed by atoms with van der Waals surface area (Å²) in [5.74, 6) is -0.552. The monoisotopic (exact) mass is 285 g/mol. The molecule has 0 aliphatic rings. The molecule has 0 bridgehead atoms. The molecule has 96 valence electrons. The van der Waals surface area contributed by atoms with E-state index in [1.165, 1.54) is 6.92 Å². The Labute approximate surface area is 116 Å². The van der Waals surface area contributed by atoms with Gasteiger partial charge in [0.1, 0.15) is 0 Å². The van der Waals surface area contributed by atoms with E-state index in [0.717, 1.165) is 0 Å². The van der Waals surface area contributed by atoms with Gasteiger partial charge in [0.15, 0.2) is 5.41 Å². The van der Waals surface area contributed by atoms with Gasteiger partial charge >= 0.3 is 5.97 Å². The highest BCUT2D eigenvalue weighted by Gasteiger charge is 2.36. The Morgan fingerprint density at radius 1 is 1.50 bits per heavy atom. The van der Waals surface area contributed by atoms with Gasteiger partial charge in [-0.3, -0.25) is 4.79 Å². The predicted molar refractivity (Wildman–Crippen MR) is 70.5 cm³/mol. The lowest BCUT2D eigenvalue weighted by Gasteiger charge is -2.20. The molecule has 1 atom stereocenters. The number of halogens is 2. The molecule has 0 saturated carbocycles. The Morgan fingerprint density at radius 3 is 2.72 bits per heavy atom. The molecular formula is C13H13Cl2NO2. The van der Waals surface area contributed by atoms with Crippen molar-refractivity contribution >= 4 is 29.2 Å². The van der Waals surface area contributed by atoms with Crippen molar-refractivity contribution in [3.63, 3.8) is 0 Å². The molecule has 0 aliphatic carbocycles. The normalized spacial score (nSPS) is 13.5. The van der Waals surface area contributed by atoms with Gasteiger partial charge in [-0.05, 0) is 25.5 Å². The largest absolute Gasteiger partial charge is 0.465 e. The van der Waals surface area contributed by atoms with Crippen molar-refractivity contribution in [3.05, 3.63) is 33.8 Å². The smallest absolute Gasteiger partial charge is 0.326 e. The molecule has 18 heavy (non-hydrogen) atoms. The third kappa shape index (κ3) is 3.16. The van der Waals surface area contributed by atoms with Crippen molar-refractivity contribution in [1.29, 1.82) is 5.26 Å². The number of esters is 1. The topological polar surface area (TPSA) is 50.1 Å². The summed E-state index contributed by atoms with van der Waals surface area (Å²) in [5, 5.41) is 9.94. The molecule has 1 unspecified atom stereocenters. The van der Waals surface area contributed by atoms with Crippen molar-refractivity contribution in [2.24, 2.45) is 5.41 Å². The highest BCUT2D eigenvalue weighted by atomic mass is 35.5. The molecule has 0 amide bonds. The zero-order valence-electron chi connectivity index (χ0n) is 10.2. The summed E-state index contributed by atoms with van der Waals surface area (Å²) in [5.41, 5.74) is -0.606. The maximum atomic E-state index is 11.8. The van der Waals surface area contributed by atoms with E-state index >= 15 is 0 Å². The van der Waals surface area contributed by atoms with Gasteiger partial charge in [0, 0.05) is 6.42 Å². The minimum atomic E-state index is -1.26. The molecule has 1 aromatic rings. The zero-order valence-corrected chi connectivity index (χ0v) is 11.7. The third-order valence-electron chi connectivity index (χ3n) is 2.55. The van der Waals surface area contributed by atoms with Crippen molar-refractivity contribution in [1.82, 2.24) is 0 Å². The highest BCUT2D eigenvalue weighted by molar-refractivity contribution is 6.42. The van der Waals surface area contributed by atoms with Gasteiger partial charge in [-0.2, -0.15) is 5.26 Å². The van der Waals surface area contributed by atoms with Gasteiger partial charge in [0.05, 0.1) is 22.7 Å². The lowest BCUT2D eigenvalue weighted by atomic mass is 9.85. The lowest BCUT2D eigenvalue weighted by Crippen LogP contribution is -2.30. The first-order valence-electron chi connectivity index (χ1n) is 5.46. The van der Waals surface area contributed by atoms with Crippen LogP contribution in [0.15, 0.2) is 18.2 Å². The quantitative estimate of drug-likeness (QED) is 0.794. The van der Waals surface area contributed by atoms with Crippen LogP contribution in [0, 0.1) is 16.7 Å². The van der Waals surface area contributed by atoms with E-state index in [0.29, 0.717) is 15.6 Å². The molecular weight excluding hydrogens is 273 g/mol. The van der Waals surface area contributed by atoms with Gasteiger partial charge in [0.25, 0.3) is 0 Å². The Balaban J connectivity index is 3.03. The molecule has 0 N–H and O–H groups in total. The molecule has 1 aromatic carbocycles. The first kappa shape index (κ1) is 14.8. The number of nitrogens with zero attached hydrogens (tertiary/aromatic N) is 1. The average molecular weight is 286 g/mol. The molecule has 0 radical (unpaired) electrons. The van der Waals surface area contributed by atoms with Crippen LogP contribution >= 0.6 is 23.2 Å². The number of hydrogen-bond donors (Lipinski definition) is 0. The van der Waals surface area contributed by atoms with Crippen LogP contribution in [0.5, 0.6) is 0 Å². The minimum Gasteiger partial charge on any atom is -0.465 e. The fraction of sp³-hybridized carbons (Fsp3) is 0.385. The van der Waals surface area contributed by atoms with Crippen LogP contribution in [0.3, 0.4) is 0 Å². The Bertz CT molecular complexity index is 496. The standard InChI is InChI=1S/C13H13Cl2NO2/c1-3-18-12(17)13(2,8-16)7-9-5-4-6-10(14)11(9)15/h4-6H,3,7H2,1-2H3. The van der Waals surface area contributed by atoms with Crippen molar-refractivity contribution in [2.45, 2.75) is 20.3 Å². The van der Waals surface area contributed by atoms with Gasteiger partial charge in [-0.15, -0.1) is 0 Å². The summed E-state index contributed by atoms with van der Waals surface area (Å²) < 4.78 is 4.90. The van der Waals surface area contributed by atoms with Crippen LogP contribution in [0.4, 0.5) is 0 Å². The molecule has 0 spiro atoms. The maximum absolute atomic E-state index is 11.8. The second-order valence-electron chi connectivity index (χ2n) is 4.05. The summed E-state index contributed by atoms with van der Waals surface area (Å²) in [6, 6.07) is 7.10. The zero-order chi connectivity index (χ0) is 13.8. The van der Waals surface area contributed by atoms with Gasteiger partial charge in [-0.25, -0.2) is 0 Å². The number of rotatable bonds is 4. The molecule has 0 aromatic heterocycles. The van der Waals surface area contributed by atoms with E-state index in [2.05, 4.69) is 0 Å². The van der Waals surface area contributed by atoms with Crippen LogP contribution in [0.1, 0.15) is 19.4 Å². The van der Waals surface area contributed by atoms with E-state index in [4.69, 9.17) is 27.9 Å². The molecule has 0 heterocycles. The number of carbonyl (C=O) groups is 1. The molecule has 0 fully saturated rings. The summed E-state index contributed by atoms with van der Waals surface area (Å²) in [4.78, 5) is 11.8. The van der Waals surface area contributed by atoms with E-state index in [-0.39, 0.29) is 13.0 Å². The predicted octanol–water partition coefficient (Wildman–Crippen LogP) is 3.63. The summed E-state index contributed by atoms with van der Waals surface area (Å²) >= 11 is 11.9. The van der Waals surface area contributed by atoms with Gasteiger partial charge in [-0.1, -0.05) is 35.3 Å². The van der Waals surface area contributed by atoms with Crippen molar-refractivity contribution in [2.75, 3.05) is 6.61 Å². The summed E-state index contributed by atoms with van der Waals surface area (Å²) in [6.45, 7) is 3.46. The Hall–Kier alpha value is -1.24. The van der Waals surface area contributed by atoms with E-state index in [9.17, 15) is 10.1 Å². The van der Waals surface area contributed by atoms with Gasteiger partial charge < -0.3 is 4.74 Å². The number of hydrogen-bond acceptors (Lipinski definition) is 3. The number of nitriles is 1.